The van der Waals surface area contributed by atoms with Crippen molar-refractivity contribution < 1.29 is 15.3 Å². The highest BCUT2D eigenvalue weighted by Gasteiger charge is 2.15. The molecule has 0 aliphatic rings. The fourth-order valence-corrected chi connectivity index (χ4v) is 2.67. The van der Waals surface area contributed by atoms with Gasteiger partial charge < -0.3 is 15.3 Å². The van der Waals surface area contributed by atoms with Crippen LogP contribution in [0.25, 0.3) is 34.2 Å². The fraction of sp³-hybridized carbons (Fsp3) is 0. The van der Waals surface area contributed by atoms with Gasteiger partial charge in [0.1, 0.15) is 0 Å². The summed E-state index contributed by atoms with van der Waals surface area (Å²) in [6.45, 7) is 0. The highest BCUT2D eigenvalue weighted by molar-refractivity contribution is 5.69. The van der Waals surface area contributed by atoms with E-state index < -0.39 is 17.2 Å². The van der Waals surface area contributed by atoms with Gasteiger partial charge in [0.05, 0.1) is 0 Å². The monoisotopic (exact) mass is 357 g/mol. The van der Waals surface area contributed by atoms with Crippen molar-refractivity contribution in [2.24, 2.45) is 0 Å². The smallest absolute Gasteiger partial charge is 0.200 e. The summed E-state index contributed by atoms with van der Waals surface area (Å²) in [7, 11) is 0. The van der Waals surface area contributed by atoms with Crippen molar-refractivity contribution in [1.29, 1.82) is 0 Å². The van der Waals surface area contributed by atoms with Crippen LogP contribution in [0.15, 0.2) is 72.8 Å². The highest BCUT2D eigenvalue weighted by Crippen LogP contribution is 2.38. The van der Waals surface area contributed by atoms with Crippen molar-refractivity contribution in [3.05, 3.63) is 72.8 Å². The minimum atomic E-state index is -0.584. The molecular weight excluding hydrogens is 342 g/mol. The van der Waals surface area contributed by atoms with E-state index in [1.165, 1.54) is 12.1 Å². The lowest BCUT2D eigenvalue weighted by Crippen LogP contribution is -2.00. The first-order chi connectivity index (χ1) is 13.1. The minimum Gasteiger partial charge on any atom is -0.504 e. The number of hydrogen-bond acceptors (Lipinski definition) is 6. The van der Waals surface area contributed by atoms with Crippen LogP contribution in [-0.2, 0) is 0 Å². The predicted molar refractivity (Wildman–Crippen MR) is 101 cm³/mol. The van der Waals surface area contributed by atoms with Gasteiger partial charge in [-0.05, 0) is 12.1 Å². The summed E-state index contributed by atoms with van der Waals surface area (Å²) in [5.41, 5.74) is 1.98. The zero-order valence-corrected chi connectivity index (χ0v) is 14.1. The average molecular weight is 357 g/mol. The van der Waals surface area contributed by atoms with Gasteiger partial charge in [0.15, 0.2) is 34.7 Å². The number of hydrogen-bond donors (Lipinski definition) is 3. The summed E-state index contributed by atoms with van der Waals surface area (Å²) < 4.78 is 0. The van der Waals surface area contributed by atoms with Gasteiger partial charge in [0.25, 0.3) is 0 Å². The number of nitrogens with zero attached hydrogens (tertiary/aromatic N) is 3. The Labute approximate surface area is 155 Å². The zero-order chi connectivity index (χ0) is 18.8. The molecule has 1 aromatic heterocycles. The lowest BCUT2D eigenvalue weighted by Gasteiger charge is -2.09. The molecular formula is C21H15N3O3. The van der Waals surface area contributed by atoms with Crippen LogP contribution in [0.4, 0.5) is 0 Å². The fourth-order valence-electron chi connectivity index (χ4n) is 2.67. The molecule has 0 saturated carbocycles. The van der Waals surface area contributed by atoms with Gasteiger partial charge in [-0.1, -0.05) is 60.7 Å². The Morgan fingerprint density at radius 1 is 0.481 bits per heavy atom. The van der Waals surface area contributed by atoms with Gasteiger partial charge in [-0.3, -0.25) is 0 Å². The summed E-state index contributed by atoms with van der Waals surface area (Å²) in [6, 6.07) is 21.5. The maximum absolute atomic E-state index is 9.83. The SMILES string of the molecule is Oc1cc(-c2nc(-c3ccccc3)nc(-c3ccccc3)n2)cc(O)c1O. The third-order valence-electron chi connectivity index (χ3n) is 4.03. The molecule has 0 unspecified atom stereocenters. The second kappa shape index (κ2) is 6.76. The van der Waals surface area contributed by atoms with E-state index in [1.54, 1.807) is 0 Å². The molecule has 0 aliphatic carbocycles. The summed E-state index contributed by atoms with van der Waals surface area (Å²) in [6.07, 6.45) is 0. The normalized spacial score (nSPS) is 10.7. The number of benzene rings is 3. The van der Waals surface area contributed by atoms with Crippen molar-refractivity contribution in [2.45, 2.75) is 0 Å². The molecule has 4 aromatic rings. The third-order valence-corrected chi connectivity index (χ3v) is 4.03. The van der Waals surface area contributed by atoms with E-state index in [-0.39, 0.29) is 5.82 Å². The molecule has 0 saturated heterocycles. The number of aromatic nitrogens is 3. The molecule has 0 fully saturated rings. The van der Waals surface area contributed by atoms with Crippen LogP contribution in [-0.4, -0.2) is 30.3 Å². The number of aromatic hydroxyl groups is 3. The largest absolute Gasteiger partial charge is 0.504 e. The summed E-state index contributed by atoms with van der Waals surface area (Å²) in [5.74, 6) is -0.286. The Kier molecular flexibility index (Phi) is 4.14. The molecule has 0 bridgehead atoms. The lowest BCUT2D eigenvalue weighted by atomic mass is 10.1. The molecule has 0 amide bonds. The van der Waals surface area contributed by atoms with E-state index >= 15 is 0 Å². The molecule has 0 radical (unpaired) electrons. The second-order valence-electron chi connectivity index (χ2n) is 5.90. The minimum absolute atomic E-state index is 0.272. The zero-order valence-electron chi connectivity index (χ0n) is 14.1. The first kappa shape index (κ1) is 16.5. The molecule has 3 N–H and O–H groups in total. The number of phenolic OH excluding ortho intramolecular Hbond substituents is 3. The molecule has 4 rings (SSSR count). The quantitative estimate of drug-likeness (QED) is 0.480. The first-order valence-electron chi connectivity index (χ1n) is 8.24. The molecule has 0 atom stereocenters. The van der Waals surface area contributed by atoms with Gasteiger partial charge in [0, 0.05) is 16.7 Å². The van der Waals surface area contributed by atoms with E-state index in [9.17, 15) is 15.3 Å². The van der Waals surface area contributed by atoms with Crippen molar-refractivity contribution in [3.8, 4) is 51.4 Å². The molecule has 6 nitrogen and oxygen atoms in total. The Morgan fingerprint density at radius 3 is 1.26 bits per heavy atom. The summed E-state index contributed by atoms with van der Waals surface area (Å²) >= 11 is 0. The van der Waals surface area contributed by atoms with E-state index in [0.29, 0.717) is 17.2 Å². The Balaban J connectivity index is 1.94. The molecule has 1 heterocycles. The van der Waals surface area contributed by atoms with Crippen molar-refractivity contribution in [3.63, 3.8) is 0 Å². The van der Waals surface area contributed by atoms with Crippen molar-refractivity contribution in [2.75, 3.05) is 0 Å². The van der Waals surface area contributed by atoms with Gasteiger partial charge in [-0.25, -0.2) is 15.0 Å². The van der Waals surface area contributed by atoms with Crippen LogP contribution < -0.4 is 0 Å². The standard InChI is InChI=1S/C21H15N3O3/c25-16-11-15(12-17(26)18(16)27)21-23-19(13-7-3-1-4-8-13)22-20(24-21)14-9-5-2-6-10-14/h1-12,25-27H. The molecule has 0 spiro atoms. The predicted octanol–water partition coefficient (Wildman–Crippen LogP) is 3.99. The molecule has 27 heavy (non-hydrogen) atoms. The maximum atomic E-state index is 9.83. The van der Waals surface area contributed by atoms with E-state index in [1.807, 2.05) is 60.7 Å². The average Bonchev–Trinajstić information content (AvgIpc) is 2.72. The lowest BCUT2D eigenvalue weighted by molar-refractivity contribution is 0.368. The van der Waals surface area contributed by atoms with Crippen LogP contribution in [0.3, 0.4) is 0 Å². The Morgan fingerprint density at radius 2 is 0.852 bits per heavy atom. The van der Waals surface area contributed by atoms with E-state index in [0.717, 1.165) is 11.1 Å². The molecule has 6 heteroatoms. The van der Waals surface area contributed by atoms with Crippen LogP contribution in [0, 0.1) is 0 Å². The molecule has 132 valence electrons. The van der Waals surface area contributed by atoms with Crippen LogP contribution >= 0.6 is 0 Å². The first-order valence-corrected chi connectivity index (χ1v) is 8.24. The van der Waals surface area contributed by atoms with Gasteiger partial charge >= 0.3 is 0 Å². The van der Waals surface area contributed by atoms with E-state index in [2.05, 4.69) is 15.0 Å². The Hall–Kier alpha value is -3.93. The summed E-state index contributed by atoms with van der Waals surface area (Å²) in [5, 5.41) is 29.3. The van der Waals surface area contributed by atoms with Gasteiger partial charge in [-0.15, -0.1) is 0 Å². The van der Waals surface area contributed by atoms with Crippen LogP contribution in [0.2, 0.25) is 0 Å². The summed E-state index contributed by atoms with van der Waals surface area (Å²) in [4.78, 5) is 13.5. The third kappa shape index (κ3) is 3.28. The van der Waals surface area contributed by atoms with Crippen molar-refractivity contribution in [1.82, 2.24) is 15.0 Å². The van der Waals surface area contributed by atoms with Gasteiger partial charge in [0.2, 0.25) is 0 Å². The van der Waals surface area contributed by atoms with Gasteiger partial charge in [-0.2, -0.15) is 0 Å². The molecule has 3 aromatic carbocycles. The van der Waals surface area contributed by atoms with E-state index in [4.69, 9.17) is 0 Å². The number of phenols is 3. The van der Waals surface area contributed by atoms with Crippen molar-refractivity contribution >= 4 is 0 Å². The number of rotatable bonds is 3. The van der Waals surface area contributed by atoms with Crippen LogP contribution in [0.5, 0.6) is 17.2 Å². The Bertz CT molecular complexity index is 1020. The topological polar surface area (TPSA) is 99.4 Å². The molecule has 0 aliphatic heterocycles. The van der Waals surface area contributed by atoms with Crippen LogP contribution in [0.1, 0.15) is 0 Å². The second-order valence-corrected chi connectivity index (χ2v) is 5.90. The highest BCUT2D eigenvalue weighted by atomic mass is 16.3. The maximum Gasteiger partial charge on any atom is 0.200 e.